The zero-order chi connectivity index (χ0) is 24.6. The monoisotopic (exact) mass is 471 g/mol. The molecule has 4 aromatic rings. The molecule has 1 aliphatic rings. The first-order valence-electron chi connectivity index (χ1n) is 11.7. The highest BCUT2D eigenvalue weighted by molar-refractivity contribution is 5.83. The standard InChI is InChI=1S/C26H29N7O2/c1-26(2,3)35-25(34)31-14-16-32(17-15-31)33-23(19-10-7-13-28-22(19)27)30-21-12-11-20(29-24(21)33)18-8-5-4-6-9-18/h4-13H,14-17H2,1-3H3,(H2,27,28). The summed E-state index contributed by atoms with van der Waals surface area (Å²) in [7, 11) is 0. The average Bonchev–Trinajstić information content (AvgIpc) is 3.22. The van der Waals surface area contributed by atoms with E-state index in [0.717, 1.165) is 28.0 Å². The zero-order valence-corrected chi connectivity index (χ0v) is 20.2. The molecule has 180 valence electrons. The summed E-state index contributed by atoms with van der Waals surface area (Å²) in [5.41, 5.74) is 9.83. The number of nitrogen functional groups attached to an aromatic ring is 1. The SMILES string of the molecule is CC(C)(C)OC(=O)N1CCN(n2c(-c3cccnc3N)nc3ccc(-c4ccccc4)nc32)CC1. The van der Waals surface area contributed by atoms with Crippen LogP contribution in [0.1, 0.15) is 20.8 Å². The number of fused-ring (bicyclic) bond motifs is 1. The smallest absolute Gasteiger partial charge is 0.410 e. The van der Waals surface area contributed by atoms with Crippen molar-refractivity contribution in [3.05, 3.63) is 60.8 Å². The maximum atomic E-state index is 12.6. The van der Waals surface area contributed by atoms with Gasteiger partial charge in [0, 0.05) is 24.8 Å². The molecule has 35 heavy (non-hydrogen) atoms. The number of carbonyl (C=O) groups excluding carboxylic acids is 1. The van der Waals surface area contributed by atoms with Crippen LogP contribution in [0.3, 0.4) is 0 Å². The minimum absolute atomic E-state index is 0.297. The van der Waals surface area contributed by atoms with Crippen LogP contribution in [0.15, 0.2) is 60.8 Å². The number of imidazole rings is 1. The number of aromatic nitrogens is 4. The van der Waals surface area contributed by atoms with Gasteiger partial charge in [-0.1, -0.05) is 30.3 Å². The minimum atomic E-state index is -0.530. The molecule has 0 atom stereocenters. The summed E-state index contributed by atoms with van der Waals surface area (Å²) >= 11 is 0. The second-order valence-corrected chi connectivity index (χ2v) is 9.51. The molecule has 4 heterocycles. The number of rotatable bonds is 3. The first-order valence-corrected chi connectivity index (χ1v) is 11.7. The van der Waals surface area contributed by atoms with Crippen molar-refractivity contribution in [3.63, 3.8) is 0 Å². The lowest BCUT2D eigenvalue weighted by Gasteiger charge is -2.37. The van der Waals surface area contributed by atoms with E-state index >= 15 is 0 Å². The van der Waals surface area contributed by atoms with Crippen molar-refractivity contribution in [2.75, 3.05) is 36.9 Å². The lowest BCUT2D eigenvalue weighted by molar-refractivity contribution is 0.0233. The fraction of sp³-hybridized carbons (Fsp3) is 0.308. The highest BCUT2D eigenvalue weighted by Gasteiger charge is 2.29. The molecule has 1 aromatic carbocycles. The maximum absolute atomic E-state index is 12.6. The van der Waals surface area contributed by atoms with Crippen molar-refractivity contribution in [2.45, 2.75) is 26.4 Å². The van der Waals surface area contributed by atoms with Gasteiger partial charge in [0.25, 0.3) is 0 Å². The molecule has 1 amide bonds. The fourth-order valence-corrected chi connectivity index (χ4v) is 4.17. The third-order valence-corrected chi connectivity index (χ3v) is 5.82. The lowest BCUT2D eigenvalue weighted by atomic mass is 10.1. The first kappa shape index (κ1) is 22.6. The number of piperazine rings is 1. The molecule has 0 aliphatic carbocycles. The van der Waals surface area contributed by atoms with Crippen molar-refractivity contribution >= 4 is 23.1 Å². The number of nitrogens with zero attached hydrogens (tertiary/aromatic N) is 6. The molecular weight excluding hydrogens is 442 g/mol. The van der Waals surface area contributed by atoms with Crippen LogP contribution in [0, 0.1) is 0 Å². The third kappa shape index (κ3) is 4.62. The number of hydrogen-bond acceptors (Lipinski definition) is 7. The van der Waals surface area contributed by atoms with Gasteiger partial charge in [-0.15, -0.1) is 0 Å². The van der Waals surface area contributed by atoms with Gasteiger partial charge in [0.2, 0.25) is 0 Å². The summed E-state index contributed by atoms with van der Waals surface area (Å²) in [6.07, 6.45) is 1.37. The molecule has 1 aliphatic heterocycles. The quantitative estimate of drug-likeness (QED) is 0.483. The Morgan fingerprint density at radius 2 is 1.69 bits per heavy atom. The number of hydrogen-bond donors (Lipinski definition) is 1. The van der Waals surface area contributed by atoms with Gasteiger partial charge in [-0.3, -0.25) is 0 Å². The van der Waals surface area contributed by atoms with Crippen molar-refractivity contribution in [2.24, 2.45) is 0 Å². The molecule has 5 rings (SSSR count). The van der Waals surface area contributed by atoms with Gasteiger partial charge in [0.05, 0.1) is 24.3 Å². The highest BCUT2D eigenvalue weighted by atomic mass is 16.6. The summed E-state index contributed by atoms with van der Waals surface area (Å²) in [6.45, 7) is 7.85. The lowest BCUT2D eigenvalue weighted by Crippen LogP contribution is -2.53. The molecular formula is C26H29N7O2. The van der Waals surface area contributed by atoms with Crippen LogP contribution < -0.4 is 10.7 Å². The van der Waals surface area contributed by atoms with E-state index in [-0.39, 0.29) is 6.09 Å². The van der Waals surface area contributed by atoms with Gasteiger partial charge < -0.3 is 20.4 Å². The van der Waals surface area contributed by atoms with Gasteiger partial charge in [0.15, 0.2) is 11.5 Å². The van der Waals surface area contributed by atoms with Gasteiger partial charge >= 0.3 is 6.09 Å². The predicted octanol–water partition coefficient (Wildman–Crippen LogP) is 3.93. The topological polar surface area (TPSA) is 102 Å². The van der Waals surface area contributed by atoms with Crippen LogP contribution in [0.2, 0.25) is 0 Å². The maximum Gasteiger partial charge on any atom is 0.410 e. The zero-order valence-electron chi connectivity index (χ0n) is 20.2. The Bertz CT molecular complexity index is 1350. The Balaban J connectivity index is 1.54. The molecule has 3 aromatic heterocycles. The molecule has 0 radical (unpaired) electrons. The van der Waals surface area contributed by atoms with E-state index in [9.17, 15) is 4.79 Å². The number of anilines is 1. The van der Waals surface area contributed by atoms with Gasteiger partial charge in [0.1, 0.15) is 16.9 Å². The van der Waals surface area contributed by atoms with Crippen molar-refractivity contribution in [1.29, 1.82) is 0 Å². The van der Waals surface area contributed by atoms with Crippen LogP contribution >= 0.6 is 0 Å². The molecule has 0 unspecified atom stereocenters. The van der Waals surface area contributed by atoms with Crippen molar-refractivity contribution in [1.82, 2.24) is 24.5 Å². The minimum Gasteiger partial charge on any atom is -0.444 e. The predicted molar refractivity (Wildman–Crippen MR) is 136 cm³/mol. The molecule has 1 saturated heterocycles. The molecule has 9 nitrogen and oxygen atoms in total. The number of ether oxygens (including phenoxy) is 1. The molecule has 2 N–H and O–H groups in total. The molecule has 0 saturated carbocycles. The summed E-state index contributed by atoms with van der Waals surface area (Å²) in [5.74, 6) is 1.08. The van der Waals surface area contributed by atoms with Crippen LogP contribution in [-0.4, -0.2) is 62.4 Å². The second kappa shape index (κ2) is 8.90. The third-order valence-electron chi connectivity index (χ3n) is 5.82. The van der Waals surface area contributed by atoms with E-state index in [1.165, 1.54) is 0 Å². The Labute approximate surface area is 204 Å². The number of carbonyl (C=O) groups is 1. The molecule has 0 bridgehead atoms. The Morgan fingerprint density at radius 1 is 0.943 bits per heavy atom. The number of pyridine rings is 2. The Morgan fingerprint density at radius 3 is 2.37 bits per heavy atom. The highest BCUT2D eigenvalue weighted by Crippen LogP contribution is 2.29. The fourth-order valence-electron chi connectivity index (χ4n) is 4.17. The van der Waals surface area contributed by atoms with Gasteiger partial charge in [-0.05, 0) is 45.0 Å². The van der Waals surface area contributed by atoms with E-state index in [1.54, 1.807) is 11.1 Å². The summed E-state index contributed by atoms with van der Waals surface area (Å²) < 4.78 is 7.57. The second-order valence-electron chi connectivity index (χ2n) is 9.51. The van der Waals surface area contributed by atoms with E-state index in [4.69, 9.17) is 20.4 Å². The van der Waals surface area contributed by atoms with Crippen molar-refractivity contribution < 1.29 is 9.53 Å². The van der Waals surface area contributed by atoms with E-state index in [1.807, 2.05) is 80.0 Å². The van der Waals surface area contributed by atoms with Crippen LogP contribution in [0.25, 0.3) is 33.8 Å². The van der Waals surface area contributed by atoms with E-state index in [2.05, 4.69) is 9.99 Å². The molecule has 9 heteroatoms. The van der Waals surface area contributed by atoms with Crippen molar-refractivity contribution in [3.8, 4) is 22.6 Å². The van der Waals surface area contributed by atoms with Crippen LogP contribution in [0.4, 0.5) is 10.6 Å². The average molecular weight is 472 g/mol. The summed E-state index contributed by atoms with van der Waals surface area (Å²) in [5, 5.41) is 2.15. The molecule has 0 spiro atoms. The Kier molecular flexibility index (Phi) is 5.76. The largest absolute Gasteiger partial charge is 0.444 e. The number of amides is 1. The van der Waals surface area contributed by atoms with E-state index < -0.39 is 5.60 Å². The van der Waals surface area contributed by atoms with Crippen LogP contribution in [0.5, 0.6) is 0 Å². The summed E-state index contributed by atoms with van der Waals surface area (Å²) in [6, 6.07) is 17.8. The Hall–Kier alpha value is -4.14. The molecule has 1 fully saturated rings. The van der Waals surface area contributed by atoms with Gasteiger partial charge in [-0.25, -0.2) is 24.4 Å². The van der Waals surface area contributed by atoms with Gasteiger partial charge in [-0.2, -0.15) is 0 Å². The normalized spacial score (nSPS) is 14.4. The first-order chi connectivity index (χ1) is 16.8. The number of nitrogens with two attached hydrogens (primary N) is 1. The van der Waals surface area contributed by atoms with Crippen LogP contribution in [-0.2, 0) is 4.74 Å². The number of benzene rings is 1. The summed E-state index contributed by atoms with van der Waals surface area (Å²) in [4.78, 5) is 28.5. The van der Waals surface area contributed by atoms with E-state index in [0.29, 0.717) is 37.8 Å².